The van der Waals surface area contributed by atoms with Crippen LogP contribution in [-0.4, -0.2) is 54.4 Å². The Hall–Kier alpha value is -0.570. The van der Waals surface area contributed by atoms with Gasteiger partial charge in [-0.15, -0.1) is 0 Å². The predicted octanol–water partition coefficient (Wildman–Crippen LogP) is 1.59. The predicted molar refractivity (Wildman–Crippen MR) is 64.4 cm³/mol. The minimum atomic E-state index is 0.426. The number of rotatable bonds is 3. The van der Waals surface area contributed by atoms with Crippen LogP contribution < -0.4 is 0 Å². The van der Waals surface area contributed by atoms with Gasteiger partial charge in [0.2, 0.25) is 0 Å². The standard InChI is InChI=1S/C12H23N3/c1-11(2)13-10-14-6-8-15(9-7-14)12-4-3-5-12/h10-12H,3-9H2,1-2H3/b13-10+. The molecular formula is C12H23N3. The molecule has 0 N–H and O–H groups in total. The van der Waals surface area contributed by atoms with Gasteiger partial charge in [-0.2, -0.15) is 0 Å². The summed E-state index contributed by atoms with van der Waals surface area (Å²) in [7, 11) is 0. The maximum atomic E-state index is 4.43. The van der Waals surface area contributed by atoms with E-state index in [-0.39, 0.29) is 0 Å². The third-order valence-corrected chi connectivity index (χ3v) is 3.47. The molecule has 0 aromatic heterocycles. The number of aliphatic imine (C=N–C) groups is 1. The smallest absolute Gasteiger partial charge is 0.0853 e. The molecule has 0 amide bonds. The van der Waals surface area contributed by atoms with E-state index in [0.29, 0.717) is 6.04 Å². The Morgan fingerprint density at radius 3 is 2.27 bits per heavy atom. The van der Waals surface area contributed by atoms with Crippen molar-refractivity contribution in [3.63, 3.8) is 0 Å². The Morgan fingerprint density at radius 2 is 1.80 bits per heavy atom. The van der Waals surface area contributed by atoms with Crippen LogP contribution in [-0.2, 0) is 0 Å². The largest absolute Gasteiger partial charge is 0.360 e. The molecule has 1 aliphatic heterocycles. The first-order valence-electron chi connectivity index (χ1n) is 6.27. The van der Waals surface area contributed by atoms with Crippen LogP contribution in [0.15, 0.2) is 4.99 Å². The average molecular weight is 209 g/mol. The van der Waals surface area contributed by atoms with Gasteiger partial charge < -0.3 is 4.90 Å². The molecule has 0 spiro atoms. The van der Waals surface area contributed by atoms with Crippen molar-refractivity contribution in [1.29, 1.82) is 0 Å². The van der Waals surface area contributed by atoms with Crippen LogP contribution in [0.2, 0.25) is 0 Å². The Labute approximate surface area is 93.2 Å². The van der Waals surface area contributed by atoms with E-state index in [0.717, 1.165) is 19.1 Å². The van der Waals surface area contributed by atoms with E-state index < -0.39 is 0 Å². The molecule has 1 heterocycles. The minimum Gasteiger partial charge on any atom is -0.360 e. The van der Waals surface area contributed by atoms with E-state index in [9.17, 15) is 0 Å². The fourth-order valence-electron chi connectivity index (χ4n) is 2.20. The van der Waals surface area contributed by atoms with Gasteiger partial charge in [0.1, 0.15) is 0 Å². The molecule has 0 radical (unpaired) electrons. The molecule has 0 atom stereocenters. The zero-order valence-electron chi connectivity index (χ0n) is 10.0. The van der Waals surface area contributed by atoms with E-state index in [1.54, 1.807) is 0 Å². The molecule has 0 bridgehead atoms. The quantitative estimate of drug-likeness (QED) is 0.519. The second-order valence-corrected chi connectivity index (χ2v) is 5.01. The molecule has 2 fully saturated rings. The van der Waals surface area contributed by atoms with E-state index in [1.165, 1.54) is 32.4 Å². The van der Waals surface area contributed by atoms with Crippen LogP contribution >= 0.6 is 0 Å². The summed E-state index contributed by atoms with van der Waals surface area (Å²) in [5.41, 5.74) is 0. The fraction of sp³-hybridized carbons (Fsp3) is 0.917. The Kier molecular flexibility index (Phi) is 3.62. The Bertz CT molecular complexity index is 213. The summed E-state index contributed by atoms with van der Waals surface area (Å²) in [5.74, 6) is 0. The topological polar surface area (TPSA) is 18.8 Å². The molecule has 15 heavy (non-hydrogen) atoms. The molecule has 2 aliphatic rings. The summed E-state index contributed by atoms with van der Waals surface area (Å²) in [5, 5.41) is 0. The molecule has 0 aromatic rings. The SMILES string of the molecule is CC(C)/N=C/N1CCN(C2CCC2)CC1. The molecule has 1 saturated carbocycles. The molecule has 1 aliphatic carbocycles. The van der Waals surface area contributed by atoms with Crippen molar-refractivity contribution in [3.05, 3.63) is 0 Å². The van der Waals surface area contributed by atoms with Crippen molar-refractivity contribution in [2.75, 3.05) is 26.2 Å². The van der Waals surface area contributed by atoms with Gasteiger partial charge in [-0.25, -0.2) is 0 Å². The van der Waals surface area contributed by atoms with E-state index >= 15 is 0 Å². The van der Waals surface area contributed by atoms with Gasteiger partial charge in [0.05, 0.1) is 6.34 Å². The summed E-state index contributed by atoms with van der Waals surface area (Å²) in [6.45, 7) is 9.03. The van der Waals surface area contributed by atoms with Crippen molar-refractivity contribution in [3.8, 4) is 0 Å². The second kappa shape index (κ2) is 4.97. The third kappa shape index (κ3) is 2.94. The third-order valence-electron chi connectivity index (χ3n) is 3.47. The second-order valence-electron chi connectivity index (χ2n) is 5.01. The zero-order valence-corrected chi connectivity index (χ0v) is 10.0. The van der Waals surface area contributed by atoms with Crippen molar-refractivity contribution < 1.29 is 0 Å². The average Bonchev–Trinajstić information content (AvgIpc) is 2.14. The summed E-state index contributed by atoms with van der Waals surface area (Å²) >= 11 is 0. The maximum Gasteiger partial charge on any atom is 0.0853 e. The zero-order chi connectivity index (χ0) is 10.7. The van der Waals surface area contributed by atoms with Crippen molar-refractivity contribution in [1.82, 2.24) is 9.80 Å². The van der Waals surface area contributed by atoms with Crippen molar-refractivity contribution in [2.24, 2.45) is 4.99 Å². The first-order valence-corrected chi connectivity index (χ1v) is 6.27. The van der Waals surface area contributed by atoms with Gasteiger partial charge in [0, 0.05) is 38.3 Å². The first-order chi connectivity index (χ1) is 7.25. The lowest BCUT2D eigenvalue weighted by molar-refractivity contribution is 0.0867. The molecule has 86 valence electrons. The van der Waals surface area contributed by atoms with Gasteiger partial charge in [-0.1, -0.05) is 6.42 Å². The van der Waals surface area contributed by atoms with Crippen LogP contribution in [0.25, 0.3) is 0 Å². The van der Waals surface area contributed by atoms with Gasteiger partial charge in [0.15, 0.2) is 0 Å². The summed E-state index contributed by atoms with van der Waals surface area (Å²) in [4.78, 5) is 9.45. The molecular weight excluding hydrogens is 186 g/mol. The summed E-state index contributed by atoms with van der Waals surface area (Å²) < 4.78 is 0. The summed E-state index contributed by atoms with van der Waals surface area (Å²) in [6, 6.07) is 1.34. The van der Waals surface area contributed by atoms with E-state index in [4.69, 9.17) is 0 Å². The number of hydrogen-bond acceptors (Lipinski definition) is 2. The van der Waals surface area contributed by atoms with Gasteiger partial charge in [-0.3, -0.25) is 9.89 Å². The molecule has 1 saturated heterocycles. The van der Waals surface area contributed by atoms with Crippen LogP contribution in [0, 0.1) is 0 Å². The minimum absolute atomic E-state index is 0.426. The highest BCUT2D eigenvalue weighted by Gasteiger charge is 2.27. The highest BCUT2D eigenvalue weighted by molar-refractivity contribution is 5.55. The molecule has 3 nitrogen and oxygen atoms in total. The van der Waals surface area contributed by atoms with Crippen LogP contribution in [0.1, 0.15) is 33.1 Å². The molecule has 3 heteroatoms. The fourth-order valence-corrected chi connectivity index (χ4v) is 2.20. The van der Waals surface area contributed by atoms with Gasteiger partial charge in [-0.05, 0) is 26.7 Å². The number of hydrogen-bond donors (Lipinski definition) is 0. The highest BCUT2D eigenvalue weighted by Crippen LogP contribution is 2.25. The molecule has 0 aromatic carbocycles. The lowest BCUT2D eigenvalue weighted by Crippen LogP contribution is -2.51. The normalized spacial score (nSPS) is 25.1. The Balaban J connectivity index is 1.71. The number of nitrogens with zero attached hydrogens (tertiary/aromatic N) is 3. The number of piperazine rings is 1. The maximum absolute atomic E-state index is 4.43. The molecule has 2 rings (SSSR count). The van der Waals surface area contributed by atoms with Gasteiger partial charge >= 0.3 is 0 Å². The van der Waals surface area contributed by atoms with E-state index in [2.05, 4.69) is 28.6 Å². The highest BCUT2D eigenvalue weighted by atomic mass is 15.3. The van der Waals surface area contributed by atoms with E-state index in [1.807, 2.05) is 6.34 Å². The van der Waals surface area contributed by atoms with Gasteiger partial charge in [0.25, 0.3) is 0 Å². The van der Waals surface area contributed by atoms with Crippen LogP contribution in [0.3, 0.4) is 0 Å². The lowest BCUT2D eigenvalue weighted by atomic mass is 9.91. The monoisotopic (exact) mass is 209 g/mol. The Morgan fingerprint density at radius 1 is 1.13 bits per heavy atom. The summed E-state index contributed by atoms with van der Waals surface area (Å²) in [6.07, 6.45) is 6.35. The van der Waals surface area contributed by atoms with Crippen LogP contribution in [0.4, 0.5) is 0 Å². The van der Waals surface area contributed by atoms with Crippen molar-refractivity contribution >= 4 is 6.34 Å². The lowest BCUT2D eigenvalue weighted by Gasteiger charge is -2.42. The first kappa shape index (κ1) is 10.9. The molecule has 0 unspecified atom stereocenters. The van der Waals surface area contributed by atoms with Crippen molar-refractivity contribution in [2.45, 2.75) is 45.2 Å². The van der Waals surface area contributed by atoms with Crippen LogP contribution in [0.5, 0.6) is 0 Å².